The highest BCUT2D eigenvalue weighted by Crippen LogP contribution is 2.02. The van der Waals surface area contributed by atoms with Gasteiger partial charge in [0.2, 0.25) is 5.91 Å². The summed E-state index contributed by atoms with van der Waals surface area (Å²) in [7, 11) is 0. The van der Waals surface area contributed by atoms with Crippen LogP contribution in [-0.4, -0.2) is 43.7 Å². The van der Waals surface area contributed by atoms with Crippen LogP contribution in [0.4, 0.5) is 0 Å². The predicted octanol–water partition coefficient (Wildman–Crippen LogP) is 0.936. The van der Waals surface area contributed by atoms with E-state index in [1.54, 1.807) is 4.90 Å². The van der Waals surface area contributed by atoms with Crippen molar-refractivity contribution in [2.24, 2.45) is 5.11 Å². The van der Waals surface area contributed by atoms with Crippen molar-refractivity contribution in [1.82, 2.24) is 4.90 Å². The Kier molecular flexibility index (Phi) is 4.82. The molecule has 0 aromatic rings. The summed E-state index contributed by atoms with van der Waals surface area (Å²) in [6.45, 7) is 3.01. The fourth-order valence-electron chi connectivity index (χ4n) is 1.32. The summed E-state index contributed by atoms with van der Waals surface area (Å²) >= 11 is 0. The van der Waals surface area contributed by atoms with Crippen LogP contribution in [0.25, 0.3) is 10.4 Å². The second-order valence-corrected chi connectivity index (χ2v) is 3.05. The highest BCUT2D eigenvalue weighted by atomic mass is 16.5. The highest BCUT2D eigenvalue weighted by molar-refractivity contribution is 5.76. The summed E-state index contributed by atoms with van der Waals surface area (Å²) in [5, 5.41) is 3.37. The van der Waals surface area contributed by atoms with Gasteiger partial charge in [-0.3, -0.25) is 4.79 Å². The zero-order valence-corrected chi connectivity index (χ0v) is 8.06. The molecule has 1 rings (SSSR count). The quantitative estimate of drug-likeness (QED) is 0.291. The van der Waals surface area contributed by atoms with E-state index in [9.17, 15) is 4.79 Å². The Morgan fingerprint density at radius 3 is 2.86 bits per heavy atom. The van der Waals surface area contributed by atoms with Crippen molar-refractivity contribution in [1.29, 1.82) is 0 Å². The standard InChI is InChI=1S/C8H14N4O2/c9-11-10-3-1-2-8(13)12-4-6-14-7-5-12/h1-7H2. The Morgan fingerprint density at radius 2 is 2.21 bits per heavy atom. The van der Waals surface area contributed by atoms with Crippen LogP contribution in [-0.2, 0) is 9.53 Å². The van der Waals surface area contributed by atoms with Gasteiger partial charge in [-0.1, -0.05) is 5.11 Å². The molecule has 1 amide bonds. The molecule has 1 fully saturated rings. The molecule has 0 atom stereocenters. The number of nitrogens with zero attached hydrogens (tertiary/aromatic N) is 4. The number of hydrogen-bond acceptors (Lipinski definition) is 3. The summed E-state index contributed by atoms with van der Waals surface area (Å²) < 4.78 is 5.13. The zero-order chi connectivity index (χ0) is 10.2. The SMILES string of the molecule is [N-]=[N+]=NCCCC(=O)N1CCOCC1. The number of carbonyl (C=O) groups is 1. The maximum Gasteiger partial charge on any atom is 0.222 e. The van der Waals surface area contributed by atoms with Gasteiger partial charge in [-0.25, -0.2) is 0 Å². The third kappa shape index (κ3) is 3.64. The molecule has 0 N–H and O–H groups in total. The van der Waals surface area contributed by atoms with E-state index in [-0.39, 0.29) is 5.91 Å². The largest absolute Gasteiger partial charge is 0.378 e. The Morgan fingerprint density at radius 1 is 1.50 bits per heavy atom. The molecular formula is C8H14N4O2. The maximum atomic E-state index is 11.5. The van der Waals surface area contributed by atoms with Crippen LogP contribution in [0.5, 0.6) is 0 Å². The minimum absolute atomic E-state index is 0.126. The number of carbonyl (C=O) groups excluding carboxylic acids is 1. The Balaban J connectivity index is 2.16. The number of hydrogen-bond donors (Lipinski definition) is 0. The third-order valence-electron chi connectivity index (χ3n) is 2.08. The monoisotopic (exact) mass is 198 g/mol. The number of azide groups is 1. The number of rotatable bonds is 4. The fourth-order valence-corrected chi connectivity index (χ4v) is 1.32. The predicted molar refractivity (Wildman–Crippen MR) is 50.6 cm³/mol. The van der Waals surface area contributed by atoms with Crippen LogP contribution in [0.1, 0.15) is 12.8 Å². The van der Waals surface area contributed by atoms with Crippen LogP contribution in [0.15, 0.2) is 5.11 Å². The lowest BCUT2D eigenvalue weighted by Crippen LogP contribution is -2.40. The summed E-state index contributed by atoms with van der Waals surface area (Å²) in [5.74, 6) is 0.126. The molecule has 0 aromatic carbocycles. The molecular weight excluding hydrogens is 184 g/mol. The molecule has 0 saturated carbocycles. The minimum atomic E-state index is 0.126. The second kappa shape index (κ2) is 6.23. The van der Waals surface area contributed by atoms with Gasteiger partial charge in [0.05, 0.1) is 13.2 Å². The highest BCUT2D eigenvalue weighted by Gasteiger charge is 2.15. The first-order valence-electron chi connectivity index (χ1n) is 4.71. The maximum absolute atomic E-state index is 11.5. The topological polar surface area (TPSA) is 78.3 Å². The molecule has 0 radical (unpaired) electrons. The normalized spacial score (nSPS) is 16.1. The summed E-state index contributed by atoms with van der Waals surface area (Å²) in [6, 6.07) is 0. The average Bonchev–Trinajstić information content (AvgIpc) is 2.25. The molecule has 6 heteroatoms. The van der Waals surface area contributed by atoms with Crippen LogP contribution >= 0.6 is 0 Å². The van der Waals surface area contributed by atoms with Crippen LogP contribution in [0.3, 0.4) is 0 Å². The Hall–Kier alpha value is -1.26. The molecule has 0 aromatic heterocycles. The minimum Gasteiger partial charge on any atom is -0.378 e. The van der Waals surface area contributed by atoms with Crippen LogP contribution in [0.2, 0.25) is 0 Å². The summed E-state index contributed by atoms with van der Waals surface area (Å²) in [6.07, 6.45) is 1.08. The molecule has 14 heavy (non-hydrogen) atoms. The molecule has 6 nitrogen and oxygen atoms in total. The van der Waals surface area contributed by atoms with Gasteiger partial charge in [0.1, 0.15) is 0 Å². The molecule has 0 unspecified atom stereocenters. The zero-order valence-electron chi connectivity index (χ0n) is 8.06. The fraction of sp³-hybridized carbons (Fsp3) is 0.875. The lowest BCUT2D eigenvalue weighted by atomic mass is 10.2. The van der Waals surface area contributed by atoms with E-state index in [1.165, 1.54) is 0 Å². The number of ether oxygens (including phenoxy) is 1. The Bertz CT molecular complexity index is 231. The molecule has 1 aliphatic heterocycles. The van der Waals surface area contributed by atoms with Crippen LogP contribution in [0, 0.1) is 0 Å². The molecule has 1 heterocycles. The number of amides is 1. The number of morpholine rings is 1. The van der Waals surface area contributed by atoms with Crippen molar-refractivity contribution in [3.8, 4) is 0 Å². The molecule has 0 spiro atoms. The van der Waals surface area contributed by atoms with Gasteiger partial charge in [0.25, 0.3) is 0 Å². The van der Waals surface area contributed by atoms with Crippen LogP contribution < -0.4 is 0 Å². The van der Waals surface area contributed by atoms with E-state index in [4.69, 9.17) is 10.3 Å². The molecule has 1 saturated heterocycles. The van der Waals surface area contributed by atoms with E-state index in [1.807, 2.05) is 0 Å². The summed E-state index contributed by atoms with van der Waals surface area (Å²) in [4.78, 5) is 15.9. The van der Waals surface area contributed by atoms with Crippen molar-refractivity contribution >= 4 is 5.91 Å². The molecule has 78 valence electrons. The summed E-state index contributed by atoms with van der Waals surface area (Å²) in [5.41, 5.74) is 8.03. The Labute approximate surface area is 82.5 Å². The first-order valence-corrected chi connectivity index (χ1v) is 4.71. The molecule has 1 aliphatic rings. The molecule has 0 aliphatic carbocycles. The van der Waals surface area contributed by atoms with E-state index < -0.39 is 0 Å². The van der Waals surface area contributed by atoms with Gasteiger partial charge in [0, 0.05) is 31.0 Å². The first kappa shape index (κ1) is 10.8. The van der Waals surface area contributed by atoms with E-state index in [0.29, 0.717) is 45.7 Å². The molecule has 0 bridgehead atoms. The van der Waals surface area contributed by atoms with Gasteiger partial charge in [-0.05, 0) is 12.0 Å². The van der Waals surface area contributed by atoms with Gasteiger partial charge < -0.3 is 9.64 Å². The lowest BCUT2D eigenvalue weighted by molar-refractivity contribution is -0.135. The van der Waals surface area contributed by atoms with Crippen molar-refractivity contribution in [2.45, 2.75) is 12.8 Å². The van der Waals surface area contributed by atoms with Gasteiger partial charge >= 0.3 is 0 Å². The smallest absolute Gasteiger partial charge is 0.222 e. The third-order valence-corrected chi connectivity index (χ3v) is 2.08. The van der Waals surface area contributed by atoms with Gasteiger partial charge in [0.15, 0.2) is 0 Å². The van der Waals surface area contributed by atoms with Gasteiger partial charge in [-0.2, -0.15) is 0 Å². The lowest BCUT2D eigenvalue weighted by Gasteiger charge is -2.26. The van der Waals surface area contributed by atoms with E-state index >= 15 is 0 Å². The van der Waals surface area contributed by atoms with Crippen molar-refractivity contribution in [3.63, 3.8) is 0 Å². The van der Waals surface area contributed by atoms with Crippen molar-refractivity contribution in [2.75, 3.05) is 32.8 Å². The first-order chi connectivity index (χ1) is 6.84. The van der Waals surface area contributed by atoms with E-state index in [0.717, 1.165) is 0 Å². The second-order valence-electron chi connectivity index (χ2n) is 3.05. The average molecular weight is 198 g/mol. The van der Waals surface area contributed by atoms with Crippen molar-refractivity contribution < 1.29 is 9.53 Å². The van der Waals surface area contributed by atoms with Gasteiger partial charge in [-0.15, -0.1) is 0 Å². The van der Waals surface area contributed by atoms with E-state index in [2.05, 4.69) is 10.0 Å². The van der Waals surface area contributed by atoms with Crippen molar-refractivity contribution in [3.05, 3.63) is 10.4 Å².